The molecule has 0 spiro atoms. The van der Waals surface area contributed by atoms with Crippen molar-refractivity contribution in [2.24, 2.45) is 0 Å². The van der Waals surface area contributed by atoms with Crippen molar-refractivity contribution >= 4 is 47.6 Å². The van der Waals surface area contributed by atoms with Crippen LogP contribution in [0.15, 0.2) is 41.0 Å². The lowest BCUT2D eigenvalue weighted by atomic mass is 10.2. The van der Waals surface area contributed by atoms with Crippen molar-refractivity contribution in [3.8, 4) is 0 Å². The van der Waals surface area contributed by atoms with Gasteiger partial charge in [0, 0.05) is 20.8 Å². The van der Waals surface area contributed by atoms with Crippen LogP contribution in [-0.4, -0.2) is 4.98 Å². The van der Waals surface area contributed by atoms with Gasteiger partial charge in [-0.15, -0.1) is 11.3 Å². The topological polar surface area (TPSA) is 12.9 Å². The van der Waals surface area contributed by atoms with Gasteiger partial charge >= 0.3 is 0 Å². The number of benzene rings is 1. The van der Waals surface area contributed by atoms with Crippen LogP contribution in [0.1, 0.15) is 0 Å². The zero-order chi connectivity index (χ0) is 9.54. The second-order valence-electron chi connectivity index (χ2n) is 3.07. The maximum Gasteiger partial charge on any atom is 0.0899 e. The molecule has 1 aromatic carbocycles. The van der Waals surface area contributed by atoms with Crippen molar-refractivity contribution in [1.29, 1.82) is 0 Å². The average molecular weight is 264 g/mol. The molecule has 0 N–H and O–H groups in total. The van der Waals surface area contributed by atoms with Gasteiger partial charge in [-0.3, -0.25) is 4.98 Å². The van der Waals surface area contributed by atoms with Gasteiger partial charge in [-0.1, -0.05) is 18.2 Å². The summed E-state index contributed by atoms with van der Waals surface area (Å²) < 4.78 is 3.65. The normalized spacial score (nSPS) is 11.2. The number of hydrogen-bond donors (Lipinski definition) is 0. The van der Waals surface area contributed by atoms with E-state index in [0.717, 1.165) is 9.99 Å². The fourth-order valence-corrected chi connectivity index (χ4v) is 3.19. The minimum Gasteiger partial charge on any atom is -0.255 e. The SMILES string of the molecule is Brc1ccnc2c1sc1ccccc12. The number of pyridine rings is 1. The Morgan fingerprint density at radius 1 is 1.14 bits per heavy atom. The molecule has 2 aromatic heterocycles. The third kappa shape index (κ3) is 1.09. The molecule has 1 nitrogen and oxygen atoms in total. The maximum atomic E-state index is 4.41. The standard InChI is InChI=1S/C11H6BrNS/c12-8-5-6-13-10-7-3-1-2-4-9(7)14-11(8)10/h1-6H. The smallest absolute Gasteiger partial charge is 0.0899 e. The largest absolute Gasteiger partial charge is 0.255 e. The highest BCUT2D eigenvalue weighted by Gasteiger charge is 2.06. The number of halogens is 1. The zero-order valence-corrected chi connectivity index (χ0v) is 9.60. The van der Waals surface area contributed by atoms with Gasteiger partial charge in [0.05, 0.1) is 10.2 Å². The van der Waals surface area contributed by atoms with Gasteiger partial charge in [-0.25, -0.2) is 0 Å². The quantitative estimate of drug-likeness (QED) is 0.592. The molecule has 0 atom stereocenters. The maximum absolute atomic E-state index is 4.41. The molecule has 0 aliphatic carbocycles. The van der Waals surface area contributed by atoms with E-state index in [4.69, 9.17) is 0 Å². The van der Waals surface area contributed by atoms with E-state index in [0.29, 0.717) is 0 Å². The molecule has 0 amide bonds. The summed E-state index contributed by atoms with van der Waals surface area (Å²) in [5, 5.41) is 1.24. The summed E-state index contributed by atoms with van der Waals surface area (Å²) in [6.45, 7) is 0. The second kappa shape index (κ2) is 3.04. The molecule has 3 rings (SSSR count). The average Bonchev–Trinajstić information content (AvgIpc) is 2.59. The molecule has 0 unspecified atom stereocenters. The molecule has 2 heterocycles. The molecule has 0 aliphatic heterocycles. The molecule has 0 aliphatic rings. The first-order chi connectivity index (χ1) is 6.86. The summed E-state index contributed by atoms with van der Waals surface area (Å²) in [5.74, 6) is 0. The van der Waals surface area contributed by atoms with E-state index in [1.165, 1.54) is 14.8 Å². The van der Waals surface area contributed by atoms with Crippen LogP contribution in [0.5, 0.6) is 0 Å². The third-order valence-corrected chi connectivity index (χ3v) is 4.33. The lowest BCUT2D eigenvalue weighted by Crippen LogP contribution is -1.72. The van der Waals surface area contributed by atoms with Crippen LogP contribution in [0.2, 0.25) is 0 Å². The first kappa shape index (κ1) is 8.38. The number of nitrogens with zero attached hydrogens (tertiary/aromatic N) is 1. The molecular formula is C11H6BrNS. The van der Waals surface area contributed by atoms with Crippen LogP contribution in [0.4, 0.5) is 0 Å². The predicted molar refractivity (Wildman–Crippen MR) is 64.8 cm³/mol. The molecule has 0 saturated carbocycles. The predicted octanol–water partition coefficient (Wildman–Crippen LogP) is 4.21. The van der Waals surface area contributed by atoms with Crippen molar-refractivity contribution in [2.45, 2.75) is 0 Å². The van der Waals surface area contributed by atoms with Crippen LogP contribution in [0.25, 0.3) is 20.3 Å². The minimum absolute atomic E-state index is 1.10. The summed E-state index contributed by atoms with van der Waals surface area (Å²) in [7, 11) is 0. The van der Waals surface area contributed by atoms with Crippen molar-refractivity contribution in [1.82, 2.24) is 4.98 Å². The Kier molecular flexibility index (Phi) is 1.82. The van der Waals surface area contributed by atoms with Crippen molar-refractivity contribution in [2.75, 3.05) is 0 Å². The van der Waals surface area contributed by atoms with E-state index in [-0.39, 0.29) is 0 Å². The highest BCUT2D eigenvalue weighted by atomic mass is 79.9. The molecular weight excluding hydrogens is 258 g/mol. The van der Waals surface area contributed by atoms with E-state index in [1.54, 1.807) is 11.3 Å². The zero-order valence-electron chi connectivity index (χ0n) is 7.20. The van der Waals surface area contributed by atoms with Gasteiger partial charge in [0.25, 0.3) is 0 Å². The van der Waals surface area contributed by atoms with Gasteiger partial charge in [0.1, 0.15) is 0 Å². The van der Waals surface area contributed by atoms with Crippen molar-refractivity contribution in [3.05, 3.63) is 41.0 Å². The van der Waals surface area contributed by atoms with E-state index >= 15 is 0 Å². The van der Waals surface area contributed by atoms with E-state index in [2.05, 4.69) is 45.2 Å². The summed E-state index contributed by atoms with van der Waals surface area (Å²) >= 11 is 5.32. The summed E-state index contributed by atoms with van der Waals surface area (Å²) in [6.07, 6.45) is 1.84. The molecule has 0 bridgehead atoms. The van der Waals surface area contributed by atoms with Crippen LogP contribution < -0.4 is 0 Å². The third-order valence-electron chi connectivity index (χ3n) is 2.21. The Hall–Kier alpha value is -0.930. The van der Waals surface area contributed by atoms with Gasteiger partial charge < -0.3 is 0 Å². The number of thiophene rings is 1. The van der Waals surface area contributed by atoms with Crippen LogP contribution >= 0.6 is 27.3 Å². The first-order valence-corrected chi connectivity index (χ1v) is 5.89. The molecule has 0 saturated heterocycles. The fourth-order valence-electron chi connectivity index (χ4n) is 1.57. The lowest BCUT2D eigenvalue weighted by Gasteiger charge is -1.91. The number of aromatic nitrogens is 1. The van der Waals surface area contributed by atoms with Gasteiger partial charge in [-0.2, -0.15) is 0 Å². The molecule has 68 valence electrons. The van der Waals surface area contributed by atoms with Crippen molar-refractivity contribution in [3.63, 3.8) is 0 Å². The fraction of sp³-hybridized carbons (Fsp3) is 0. The van der Waals surface area contributed by atoms with E-state index < -0.39 is 0 Å². The number of hydrogen-bond acceptors (Lipinski definition) is 2. The Morgan fingerprint density at radius 2 is 2.00 bits per heavy atom. The first-order valence-electron chi connectivity index (χ1n) is 4.28. The summed E-state index contributed by atoms with van der Waals surface area (Å²) in [5.41, 5.74) is 1.10. The highest BCUT2D eigenvalue weighted by molar-refractivity contribution is 9.10. The Balaban J connectivity index is 2.63. The molecule has 0 radical (unpaired) electrons. The molecule has 0 fully saturated rings. The number of rotatable bonds is 0. The van der Waals surface area contributed by atoms with Crippen molar-refractivity contribution < 1.29 is 0 Å². The summed E-state index contributed by atoms with van der Waals surface area (Å²) in [4.78, 5) is 4.41. The lowest BCUT2D eigenvalue weighted by molar-refractivity contribution is 1.43. The Morgan fingerprint density at radius 3 is 2.93 bits per heavy atom. The monoisotopic (exact) mass is 263 g/mol. The van der Waals surface area contributed by atoms with Gasteiger partial charge in [0.15, 0.2) is 0 Å². The van der Waals surface area contributed by atoms with E-state index in [9.17, 15) is 0 Å². The summed E-state index contributed by atoms with van der Waals surface area (Å²) in [6, 6.07) is 10.3. The van der Waals surface area contributed by atoms with Crippen LogP contribution in [0, 0.1) is 0 Å². The van der Waals surface area contributed by atoms with Gasteiger partial charge in [0.2, 0.25) is 0 Å². The number of fused-ring (bicyclic) bond motifs is 3. The van der Waals surface area contributed by atoms with Gasteiger partial charge in [-0.05, 0) is 28.1 Å². The Labute approximate surface area is 93.5 Å². The van der Waals surface area contributed by atoms with Crippen LogP contribution in [0.3, 0.4) is 0 Å². The second-order valence-corrected chi connectivity index (χ2v) is 4.98. The molecule has 3 heteroatoms. The Bertz CT molecular complexity index is 615. The van der Waals surface area contributed by atoms with E-state index in [1.807, 2.05) is 12.3 Å². The molecule has 14 heavy (non-hydrogen) atoms. The highest BCUT2D eigenvalue weighted by Crippen LogP contribution is 2.36. The minimum atomic E-state index is 1.10. The molecule has 3 aromatic rings. The van der Waals surface area contributed by atoms with Crippen LogP contribution in [-0.2, 0) is 0 Å².